The molecule has 0 aliphatic carbocycles. The number of fused-ring (bicyclic) bond motifs is 1. The van der Waals surface area contributed by atoms with Crippen LogP contribution in [0.3, 0.4) is 0 Å². The first-order valence-electron chi connectivity index (χ1n) is 5.23. The molecular weight excluding hydrogens is 234 g/mol. The van der Waals surface area contributed by atoms with Gasteiger partial charge in [0.1, 0.15) is 11.2 Å². The molecular formula is C11H9N5O2. The highest BCUT2D eigenvalue weighted by atomic mass is 16.4. The van der Waals surface area contributed by atoms with Crippen molar-refractivity contribution in [3.8, 4) is 5.69 Å². The maximum atomic E-state index is 11.0. The fraction of sp³-hybridized carbons (Fsp3) is 0.0909. The fourth-order valence-electron chi connectivity index (χ4n) is 1.76. The Kier molecular flexibility index (Phi) is 2.12. The van der Waals surface area contributed by atoms with Crippen LogP contribution >= 0.6 is 0 Å². The molecule has 2 aromatic heterocycles. The summed E-state index contributed by atoms with van der Waals surface area (Å²) in [5, 5.41) is 21.0. The monoisotopic (exact) mass is 243 g/mol. The van der Waals surface area contributed by atoms with E-state index in [1.54, 1.807) is 40.9 Å². The van der Waals surface area contributed by atoms with Gasteiger partial charge in [-0.25, -0.2) is 9.48 Å². The van der Waals surface area contributed by atoms with Gasteiger partial charge in [-0.2, -0.15) is 5.10 Å². The largest absolute Gasteiger partial charge is 0.478 e. The lowest BCUT2D eigenvalue weighted by Crippen LogP contribution is -1.98. The van der Waals surface area contributed by atoms with E-state index in [0.29, 0.717) is 11.0 Å². The number of carboxylic acids is 1. The second-order valence-electron chi connectivity index (χ2n) is 3.88. The van der Waals surface area contributed by atoms with Crippen LogP contribution in [0, 0.1) is 0 Å². The highest BCUT2D eigenvalue weighted by molar-refractivity contribution is 5.92. The average Bonchev–Trinajstić information content (AvgIpc) is 2.93. The van der Waals surface area contributed by atoms with Gasteiger partial charge in [-0.1, -0.05) is 5.21 Å². The van der Waals surface area contributed by atoms with Gasteiger partial charge in [0.2, 0.25) is 0 Å². The SMILES string of the molecule is Cn1cc(-n2nnc3ccc(C(=O)O)cc32)cn1. The normalized spacial score (nSPS) is 10.9. The molecule has 0 saturated heterocycles. The molecule has 0 spiro atoms. The molecule has 7 nitrogen and oxygen atoms in total. The molecule has 0 saturated carbocycles. The zero-order chi connectivity index (χ0) is 12.7. The van der Waals surface area contributed by atoms with E-state index in [2.05, 4.69) is 15.4 Å². The lowest BCUT2D eigenvalue weighted by molar-refractivity contribution is 0.0697. The van der Waals surface area contributed by atoms with E-state index in [4.69, 9.17) is 5.11 Å². The van der Waals surface area contributed by atoms with E-state index in [1.807, 2.05) is 0 Å². The number of carbonyl (C=O) groups is 1. The maximum absolute atomic E-state index is 11.0. The number of aromatic carboxylic acids is 1. The smallest absolute Gasteiger partial charge is 0.335 e. The summed E-state index contributed by atoms with van der Waals surface area (Å²) in [6, 6.07) is 4.69. The molecule has 90 valence electrons. The number of rotatable bonds is 2. The second kappa shape index (κ2) is 3.66. The molecule has 1 aromatic carbocycles. The number of carboxylic acid groups (broad SMARTS) is 1. The number of aromatic nitrogens is 5. The fourth-order valence-corrected chi connectivity index (χ4v) is 1.76. The zero-order valence-electron chi connectivity index (χ0n) is 9.48. The van der Waals surface area contributed by atoms with Crippen LogP contribution in [-0.2, 0) is 7.05 Å². The molecule has 0 fully saturated rings. The highest BCUT2D eigenvalue weighted by Gasteiger charge is 2.11. The van der Waals surface area contributed by atoms with Gasteiger partial charge in [-0.15, -0.1) is 5.10 Å². The first-order valence-corrected chi connectivity index (χ1v) is 5.23. The quantitative estimate of drug-likeness (QED) is 0.721. The number of nitrogens with zero attached hydrogens (tertiary/aromatic N) is 5. The Labute approximate surface area is 101 Å². The van der Waals surface area contributed by atoms with Gasteiger partial charge in [-0.05, 0) is 18.2 Å². The van der Waals surface area contributed by atoms with Crippen LogP contribution in [0.1, 0.15) is 10.4 Å². The third-order valence-corrected chi connectivity index (χ3v) is 2.63. The third-order valence-electron chi connectivity index (χ3n) is 2.63. The van der Waals surface area contributed by atoms with Crippen LogP contribution in [-0.4, -0.2) is 35.9 Å². The molecule has 0 bridgehead atoms. The van der Waals surface area contributed by atoms with Crippen LogP contribution in [0.5, 0.6) is 0 Å². The van der Waals surface area contributed by atoms with Crippen molar-refractivity contribution in [2.75, 3.05) is 0 Å². The molecule has 3 rings (SSSR count). The molecule has 7 heteroatoms. The van der Waals surface area contributed by atoms with Crippen LogP contribution < -0.4 is 0 Å². The van der Waals surface area contributed by atoms with E-state index in [1.165, 1.54) is 6.07 Å². The van der Waals surface area contributed by atoms with Crippen LogP contribution in [0.15, 0.2) is 30.6 Å². The topological polar surface area (TPSA) is 85.8 Å². The first kappa shape index (κ1) is 10.5. The summed E-state index contributed by atoms with van der Waals surface area (Å²) >= 11 is 0. The zero-order valence-corrected chi connectivity index (χ0v) is 9.48. The van der Waals surface area contributed by atoms with E-state index in [0.717, 1.165) is 5.69 Å². The molecule has 0 amide bonds. The predicted octanol–water partition coefficient (Wildman–Crippen LogP) is 0.852. The van der Waals surface area contributed by atoms with Gasteiger partial charge in [0.25, 0.3) is 0 Å². The van der Waals surface area contributed by atoms with Crippen molar-refractivity contribution in [3.05, 3.63) is 36.2 Å². The van der Waals surface area contributed by atoms with E-state index < -0.39 is 5.97 Å². The van der Waals surface area contributed by atoms with Crippen molar-refractivity contribution in [2.45, 2.75) is 0 Å². The van der Waals surface area contributed by atoms with E-state index in [9.17, 15) is 4.79 Å². The van der Waals surface area contributed by atoms with Gasteiger partial charge in [-0.3, -0.25) is 4.68 Å². The van der Waals surface area contributed by atoms with Gasteiger partial charge in [0.15, 0.2) is 0 Å². The van der Waals surface area contributed by atoms with E-state index >= 15 is 0 Å². The minimum atomic E-state index is -0.976. The third kappa shape index (κ3) is 1.53. The van der Waals surface area contributed by atoms with Crippen LogP contribution in [0.25, 0.3) is 16.7 Å². The summed E-state index contributed by atoms with van der Waals surface area (Å²) in [4.78, 5) is 11.0. The summed E-state index contributed by atoms with van der Waals surface area (Å²) < 4.78 is 3.21. The lowest BCUT2D eigenvalue weighted by atomic mass is 10.2. The highest BCUT2D eigenvalue weighted by Crippen LogP contribution is 2.17. The van der Waals surface area contributed by atoms with Crippen molar-refractivity contribution in [2.24, 2.45) is 7.05 Å². The van der Waals surface area contributed by atoms with Gasteiger partial charge in [0.05, 0.1) is 23.5 Å². The van der Waals surface area contributed by atoms with Crippen molar-refractivity contribution < 1.29 is 9.90 Å². The van der Waals surface area contributed by atoms with Gasteiger partial charge < -0.3 is 5.11 Å². The Morgan fingerprint density at radius 1 is 1.39 bits per heavy atom. The standard InChI is InChI=1S/C11H9N5O2/c1-15-6-8(5-12-15)16-10-4-7(11(17)18)2-3-9(10)13-14-16/h2-6H,1H3,(H,17,18). The number of hydrogen-bond acceptors (Lipinski definition) is 4. The molecule has 0 atom stereocenters. The Bertz CT molecular complexity index is 743. The molecule has 0 radical (unpaired) electrons. The van der Waals surface area contributed by atoms with Crippen molar-refractivity contribution in [1.82, 2.24) is 24.8 Å². The van der Waals surface area contributed by atoms with Crippen molar-refractivity contribution in [3.63, 3.8) is 0 Å². The molecule has 1 N–H and O–H groups in total. The maximum Gasteiger partial charge on any atom is 0.335 e. The molecule has 18 heavy (non-hydrogen) atoms. The summed E-state index contributed by atoms with van der Waals surface area (Å²) in [5.74, 6) is -0.976. The van der Waals surface area contributed by atoms with Gasteiger partial charge >= 0.3 is 5.97 Å². The summed E-state index contributed by atoms with van der Waals surface area (Å²) in [5.41, 5.74) is 2.23. The van der Waals surface area contributed by atoms with E-state index in [-0.39, 0.29) is 5.56 Å². The van der Waals surface area contributed by atoms with Crippen molar-refractivity contribution >= 4 is 17.0 Å². The molecule has 3 aromatic rings. The summed E-state index contributed by atoms with van der Waals surface area (Å²) in [7, 11) is 1.80. The predicted molar refractivity (Wildman–Crippen MR) is 62.6 cm³/mol. The molecule has 0 aliphatic rings. The Balaban J connectivity index is 2.23. The lowest BCUT2D eigenvalue weighted by Gasteiger charge is -1.98. The first-order chi connectivity index (χ1) is 8.65. The Hall–Kier alpha value is -2.70. The van der Waals surface area contributed by atoms with Crippen LogP contribution in [0.4, 0.5) is 0 Å². The number of benzene rings is 1. The van der Waals surface area contributed by atoms with Crippen LogP contribution in [0.2, 0.25) is 0 Å². The molecule has 2 heterocycles. The summed E-state index contributed by atoms with van der Waals surface area (Å²) in [6.45, 7) is 0. The minimum Gasteiger partial charge on any atom is -0.478 e. The average molecular weight is 243 g/mol. The second-order valence-corrected chi connectivity index (χ2v) is 3.88. The Morgan fingerprint density at radius 3 is 2.89 bits per heavy atom. The molecule has 0 unspecified atom stereocenters. The minimum absolute atomic E-state index is 0.204. The molecule has 0 aliphatic heterocycles. The number of hydrogen-bond donors (Lipinski definition) is 1. The van der Waals surface area contributed by atoms with Gasteiger partial charge in [0, 0.05) is 7.05 Å². The van der Waals surface area contributed by atoms with Crippen molar-refractivity contribution in [1.29, 1.82) is 0 Å². The Morgan fingerprint density at radius 2 is 2.22 bits per heavy atom. The summed E-state index contributed by atoms with van der Waals surface area (Å²) in [6.07, 6.45) is 3.42. The number of aryl methyl sites for hydroxylation is 1.